The van der Waals surface area contributed by atoms with E-state index >= 15 is 0 Å². The summed E-state index contributed by atoms with van der Waals surface area (Å²) in [5.74, 6) is 0.688. The SMILES string of the molecule is CC(O)c1ccccc1OC1CCCCC1O. The van der Waals surface area contributed by atoms with Gasteiger partial charge in [-0.05, 0) is 32.3 Å². The summed E-state index contributed by atoms with van der Waals surface area (Å²) in [6.07, 6.45) is 2.79. The van der Waals surface area contributed by atoms with E-state index in [2.05, 4.69) is 0 Å². The van der Waals surface area contributed by atoms with Crippen LogP contribution in [0.25, 0.3) is 0 Å². The molecule has 0 aliphatic heterocycles. The Kier molecular flexibility index (Phi) is 4.02. The third kappa shape index (κ3) is 2.99. The molecule has 1 aliphatic rings. The molecule has 0 aromatic heterocycles. The van der Waals surface area contributed by atoms with E-state index in [1.54, 1.807) is 6.92 Å². The van der Waals surface area contributed by atoms with E-state index in [4.69, 9.17) is 4.74 Å². The van der Waals surface area contributed by atoms with Crippen LogP contribution < -0.4 is 4.74 Å². The summed E-state index contributed by atoms with van der Waals surface area (Å²) in [6.45, 7) is 1.72. The maximum Gasteiger partial charge on any atom is 0.125 e. The lowest BCUT2D eigenvalue weighted by atomic mass is 9.94. The Morgan fingerprint density at radius 3 is 2.65 bits per heavy atom. The summed E-state index contributed by atoms with van der Waals surface area (Å²) >= 11 is 0. The fourth-order valence-corrected chi connectivity index (χ4v) is 2.31. The molecule has 3 heteroatoms. The first-order chi connectivity index (χ1) is 8.18. The minimum absolute atomic E-state index is 0.136. The number of aliphatic hydroxyl groups is 2. The van der Waals surface area contributed by atoms with E-state index in [-0.39, 0.29) is 12.2 Å². The van der Waals surface area contributed by atoms with E-state index in [0.29, 0.717) is 5.75 Å². The quantitative estimate of drug-likeness (QED) is 0.847. The van der Waals surface area contributed by atoms with Crippen molar-refractivity contribution in [1.82, 2.24) is 0 Å². The maximum atomic E-state index is 9.87. The molecule has 1 aromatic rings. The number of benzene rings is 1. The van der Waals surface area contributed by atoms with Gasteiger partial charge in [-0.15, -0.1) is 0 Å². The maximum absolute atomic E-state index is 9.87. The molecule has 2 rings (SSSR count). The number of ether oxygens (including phenoxy) is 1. The van der Waals surface area contributed by atoms with E-state index < -0.39 is 6.10 Å². The van der Waals surface area contributed by atoms with Crippen molar-refractivity contribution in [3.63, 3.8) is 0 Å². The van der Waals surface area contributed by atoms with Crippen molar-refractivity contribution in [2.45, 2.75) is 50.9 Å². The first-order valence-electron chi connectivity index (χ1n) is 6.30. The first kappa shape index (κ1) is 12.4. The minimum Gasteiger partial charge on any atom is -0.487 e. The van der Waals surface area contributed by atoms with Gasteiger partial charge < -0.3 is 14.9 Å². The van der Waals surface area contributed by atoms with Crippen molar-refractivity contribution in [2.75, 3.05) is 0 Å². The Morgan fingerprint density at radius 1 is 1.24 bits per heavy atom. The highest BCUT2D eigenvalue weighted by Gasteiger charge is 2.25. The van der Waals surface area contributed by atoms with Gasteiger partial charge in [-0.2, -0.15) is 0 Å². The third-order valence-electron chi connectivity index (χ3n) is 3.32. The van der Waals surface area contributed by atoms with Crippen LogP contribution in [0.1, 0.15) is 44.3 Å². The molecular formula is C14H20O3. The molecule has 0 bridgehead atoms. The molecule has 17 heavy (non-hydrogen) atoms. The summed E-state index contributed by atoms with van der Waals surface area (Å²) in [7, 11) is 0. The molecule has 94 valence electrons. The van der Waals surface area contributed by atoms with Crippen LogP contribution in [0.3, 0.4) is 0 Å². The fourth-order valence-electron chi connectivity index (χ4n) is 2.31. The van der Waals surface area contributed by atoms with Gasteiger partial charge in [-0.25, -0.2) is 0 Å². The highest BCUT2D eigenvalue weighted by molar-refractivity contribution is 5.35. The molecule has 1 fully saturated rings. The molecule has 3 atom stereocenters. The van der Waals surface area contributed by atoms with Gasteiger partial charge in [0.1, 0.15) is 11.9 Å². The second kappa shape index (κ2) is 5.52. The lowest BCUT2D eigenvalue weighted by Crippen LogP contribution is -2.34. The van der Waals surface area contributed by atoms with Crippen LogP contribution >= 0.6 is 0 Å². The molecule has 0 radical (unpaired) electrons. The van der Waals surface area contributed by atoms with Crippen LogP contribution in [0.2, 0.25) is 0 Å². The van der Waals surface area contributed by atoms with Crippen LogP contribution in [-0.2, 0) is 0 Å². The van der Waals surface area contributed by atoms with Crippen LogP contribution in [-0.4, -0.2) is 22.4 Å². The summed E-state index contributed by atoms with van der Waals surface area (Å²) in [5.41, 5.74) is 0.783. The van der Waals surface area contributed by atoms with E-state index in [0.717, 1.165) is 31.2 Å². The molecule has 0 spiro atoms. The summed E-state index contributed by atoms with van der Waals surface area (Å²) in [6, 6.07) is 7.47. The molecule has 0 saturated heterocycles. The Labute approximate surface area is 102 Å². The Balaban J connectivity index is 2.12. The van der Waals surface area contributed by atoms with Crippen molar-refractivity contribution in [2.24, 2.45) is 0 Å². The molecule has 3 unspecified atom stereocenters. The second-order valence-corrected chi connectivity index (χ2v) is 4.72. The van der Waals surface area contributed by atoms with Gasteiger partial charge in [0.05, 0.1) is 12.2 Å². The first-order valence-corrected chi connectivity index (χ1v) is 6.30. The predicted molar refractivity (Wildman–Crippen MR) is 66.0 cm³/mol. The molecular weight excluding hydrogens is 216 g/mol. The van der Waals surface area contributed by atoms with Crippen molar-refractivity contribution < 1.29 is 14.9 Å². The normalized spacial score (nSPS) is 26.5. The second-order valence-electron chi connectivity index (χ2n) is 4.72. The Morgan fingerprint density at radius 2 is 1.94 bits per heavy atom. The van der Waals surface area contributed by atoms with Crippen LogP contribution in [0.5, 0.6) is 5.75 Å². The lowest BCUT2D eigenvalue weighted by Gasteiger charge is -2.29. The number of aliphatic hydroxyl groups excluding tert-OH is 2. The number of para-hydroxylation sites is 1. The molecule has 0 heterocycles. The lowest BCUT2D eigenvalue weighted by molar-refractivity contribution is 0.00528. The van der Waals surface area contributed by atoms with Crippen LogP contribution in [0.15, 0.2) is 24.3 Å². The third-order valence-corrected chi connectivity index (χ3v) is 3.32. The smallest absolute Gasteiger partial charge is 0.125 e. The molecule has 0 amide bonds. The van der Waals surface area contributed by atoms with Gasteiger partial charge in [-0.1, -0.05) is 24.6 Å². The molecule has 1 aromatic carbocycles. The van der Waals surface area contributed by atoms with Crippen LogP contribution in [0, 0.1) is 0 Å². The number of hydrogen-bond acceptors (Lipinski definition) is 3. The number of hydrogen-bond donors (Lipinski definition) is 2. The van der Waals surface area contributed by atoms with E-state index in [9.17, 15) is 10.2 Å². The zero-order valence-corrected chi connectivity index (χ0v) is 10.2. The van der Waals surface area contributed by atoms with E-state index in [1.807, 2.05) is 24.3 Å². The van der Waals surface area contributed by atoms with Gasteiger partial charge in [0.2, 0.25) is 0 Å². The molecule has 3 nitrogen and oxygen atoms in total. The monoisotopic (exact) mass is 236 g/mol. The van der Waals surface area contributed by atoms with Gasteiger partial charge in [0, 0.05) is 5.56 Å². The summed E-state index contributed by atoms with van der Waals surface area (Å²) in [4.78, 5) is 0. The molecule has 2 N–H and O–H groups in total. The van der Waals surface area contributed by atoms with Crippen molar-refractivity contribution >= 4 is 0 Å². The van der Waals surface area contributed by atoms with Crippen molar-refractivity contribution in [1.29, 1.82) is 0 Å². The zero-order valence-electron chi connectivity index (χ0n) is 10.2. The standard InChI is InChI=1S/C14H20O3/c1-10(15)11-6-2-4-8-13(11)17-14-9-5-3-7-12(14)16/h2,4,6,8,10,12,14-16H,3,5,7,9H2,1H3. The van der Waals surface area contributed by atoms with Gasteiger partial charge in [-0.3, -0.25) is 0 Å². The molecule has 1 aliphatic carbocycles. The Hall–Kier alpha value is -1.06. The van der Waals surface area contributed by atoms with Crippen molar-refractivity contribution in [3.05, 3.63) is 29.8 Å². The molecule has 1 saturated carbocycles. The minimum atomic E-state index is -0.549. The Bertz CT molecular complexity index is 362. The average molecular weight is 236 g/mol. The van der Waals surface area contributed by atoms with Crippen LogP contribution in [0.4, 0.5) is 0 Å². The highest BCUT2D eigenvalue weighted by atomic mass is 16.5. The van der Waals surface area contributed by atoms with Gasteiger partial charge in [0.15, 0.2) is 0 Å². The zero-order chi connectivity index (χ0) is 12.3. The van der Waals surface area contributed by atoms with Gasteiger partial charge in [0.25, 0.3) is 0 Å². The summed E-state index contributed by atoms with van der Waals surface area (Å²) < 4.78 is 5.85. The van der Waals surface area contributed by atoms with E-state index in [1.165, 1.54) is 0 Å². The summed E-state index contributed by atoms with van der Waals surface area (Å²) in [5, 5.41) is 19.5. The predicted octanol–water partition coefficient (Wildman–Crippen LogP) is 2.42. The largest absolute Gasteiger partial charge is 0.487 e. The van der Waals surface area contributed by atoms with Gasteiger partial charge >= 0.3 is 0 Å². The average Bonchev–Trinajstić information content (AvgIpc) is 2.32. The highest BCUT2D eigenvalue weighted by Crippen LogP contribution is 2.29. The topological polar surface area (TPSA) is 49.7 Å². The number of rotatable bonds is 3. The fraction of sp³-hybridized carbons (Fsp3) is 0.571. The van der Waals surface area contributed by atoms with Crippen molar-refractivity contribution in [3.8, 4) is 5.75 Å².